The number of halogens is 1. The molecule has 1 saturated carbocycles. The molecular formula is C22H29ClN4O6. The van der Waals surface area contributed by atoms with Crippen LogP contribution in [0.2, 0.25) is 5.02 Å². The molecule has 1 amide bonds. The van der Waals surface area contributed by atoms with Crippen molar-refractivity contribution < 1.29 is 19.7 Å². The highest BCUT2D eigenvalue weighted by Gasteiger charge is 2.28. The molecule has 180 valence electrons. The fraction of sp³-hybridized carbons (Fsp3) is 0.545. The largest absolute Gasteiger partial charge is 0.388 e. The van der Waals surface area contributed by atoms with E-state index in [2.05, 4.69) is 10.4 Å². The van der Waals surface area contributed by atoms with Crippen LogP contribution in [-0.4, -0.2) is 56.0 Å². The summed E-state index contributed by atoms with van der Waals surface area (Å²) in [4.78, 5) is 37.7. The summed E-state index contributed by atoms with van der Waals surface area (Å²) in [7, 11) is 1.24. The van der Waals surface area contributed by atoms with Gasteiger partial charge in [0.1, 0.15) is 6.20 Å². The van der Waals surface area contributed by atoms with Crippen LogP contribution in [0.1, 0.15) is 55.3 Å². The number of rotatable bonds is 7. The molecule has 0 spiro atoms. The minimum absolute atomic E-state index is 0.102. The van der Waals surface area contributed by atoms with Crippen molar-refractivity contribution in [1.82, 2.24) is 19.7 Å². The summed E-state index contributed by atoms with van der Waals surface area (Å²) in [5, 5.41) is 27.3. The van der Waals surface area contributed by atoms with E-state index in [-0.39, 0.29) is 29.4 Å². The van der Waals surface area contributed by atoms with E-state index in [1.807, 2.05) is 0 Å². The minimum atomic E-state index is -1.35. The number of benzene rings is 1. The van der Waals surface area contributed by atoms with E-state index in [0.29, 0.717) is 12.8 Å². The molecule has 11 heteroatoms. The third-order valence-electron chi connectivity index (χ3n) is 5.87. The van der Waals surface area contributed by atoms with Crippen LogP contribution in [-0.2, 0) is 11.3 Å². The molecule has 1 aliphatic carbocycles. The second kappa shape index (κ2) is 11.1. The average Bonchev–Trinajstić information content (AvgIpc) is 2.78. The first-order valence-corrected chi connectivity index (χ1v) is 11.3. The molecule has 3 N–H and O–H groups in total. The molecule has 0 bridgehead atoms. The van der Waals surface area contributed by atoms with Crippen LogP contribution in [0.3, 0.4) is 0 Å². The maximum Gasteiger partial charge on any atom is 0.352 e. The molecule has 33 heavy (non-hydrogen) atoms. The maximum atomic E-state index is 12.9. The first-order chi connectivity index (χ1) is 15.7. The highest BCUT2D eigenvalue weighted by atomic mass is 35.5. The maximum absolute atomic E-state index is 12.9. The second-order valence-electron chi connectivity index (χ2n) is 8.32. The summed E-state index contributed by atoms with van der Waals surface area (Å²) in [5.41, 5.74) is -2.16. The van der Waals surface area contributed by atoms with Gasteiger partial charge in [0, 0.05) is 13.7 Å². The number of aliphatic hydroxyl groups excluding tert-OH is 1. The van der Waals surface area contributed by atoms with Gasteiger partial charge in [0.2, 0.25) is 0 Å². The van der Waals surface area contributed by atoms with Crippen LogP contribution in [0, 0.1) is 0 Å². The van der Waals surface area contributed by atoms with Crippen molar-refractivity contribution in [3.8, 4) is 5.69 Å². The summed E-state index contributed by atoms with van der Waals surface area (Å²) in [6, 6.07) is 4.32. The molecule has 1 aliphatic rings. The van der Waals surface area contributed by atoms with Gasteiger partial charge in [-0.2, -0.15) is 9.78 Å². The van der Waals surface area contributed by atoms with Crippen LogP contribution in [0.5, 0.6) is 0 Å². The zero-order valence-corrected chi connectivity index (χ0v) is 19.3. The number of hydrogen-bond acceptors (Lipinski definition) is 7. The Morgan fingerprint density at radius 1 is 1.24 bits per heavy atom. The number of aromatic nitrogens is 3. The van der Waals surface area contributed by atoms with Crippen molar-refractivity contribution in [2.75, 3.05) is 13.7 Å². The lowest BCUT2D eigenvalue weighted by Crippen LogP contribution is -2.43. The number of ether oxygens (including phenoxy) is 1. The molecule has 1 aromatic carbocycles. The Labute approximate surface area is 195 Å². The van der Waals surface area contributed by atoms with Gasteiger partial charge >= 0.3 is 5.69 Å². The molecule has 1 aromatic heterocycles. The Balaban J connectivity index is 1.84. The second-order valence-corrected chi connectivity index (χ2v) is 8.72. The van der Waals surface area contributed by atoms with Gasteiger partial charge in [0.15, 0.2) is 6.29 Å². The molecule has 10 nitrogen and oxygen atoms in total. The molecule has 1 atom stereocenters. The van der Waals surface area contributed by atoms with Gasteiger partial charge in [-0.15, -0.1) is 0 Å². The van der Waals surface area contributed by atoms with E-state index < -0.39 is 29.0 Å². The van der Waals surface area contributed by atoms with Crippen molar-refractivity contribution >= 4 is 17.5 Å². The number of amides is 1. The van der Waals surface area contributed by atoms with Crippen LogP contribution in [0.4, 0.5) is 0 Å². The van der Waals surface area contributed by atoms with Gasteiger partial charge in [0.05, 0.1) is 28.4 Å². The van der Waals surface area contributed by atoms with E-state index in [1.54, 1.807) is 0 Å². The summed E-state index contributed by atoms with van der Waals surface area (Å²) in [6.07, 6.45) is 5.93. The zero-order valence-electron chi connectivity index (χ0n) is 18.5. The van der Waals surface area contributed by atoms with Gasteiger partial charge in [0.25, 0.3) is 11.5 Å². The number of carbonyl (C=O) groups excluding carboxylic acids is 1. The topological polar surface area (TPSA) is 136 Å². The Morgan fingerprint density at radius 2 is 1.91 bits per heavy atom. The van der Waals surface area contributed by atoms with Crippen molar-refractivity contribution in [3.63, 3.8) is 0 Å². The van der Waals surface area contributed by atoms with Crippen LogP contribution in [0.25, 0.3) is 5.69 Å². The molecule has 3 rings (SSSR count). The first kappa shape index (κ1) is 25.1. The van der Waals surface area contributed by atoms with Gasteiger partial charge in [-0.3, -0.25) is 14.2 Å². The highest BCUT2D eigenvalue weighted by molar-refractivity contribution is 6.33. The van der Waals surface area contributed by atoms with Gasteiger partial charge in [-0.05, 0) is 31.0 Å². The summed E-state index contributed by atoms with van der Waals surface area (Å²) >= 11 is 6.23. The number of carbonyl (C=O) groups is 1. The molecule has 1 unspecified atom stereocenters. The van der Waals surface area contributed by atoms with Gasteiger partial charge in [-0.25, -0.2) is 4.79 Å². The van der Waals surface area contributed by atoms with Crippen LogP contribution < -0.4 is 16.6 Å². The Kier molecular flexibility index (Phi) is 8.41. The molecule has 1 heterocycles. The lowest BCUT2D eigenvalue weighted by molar-refractivity contribution is -0.0848. The molecular weight excluding hydrogens is 452 g/mol. The van der Waals surface area contributed by atoms with Crippen molar-refractivity contribution in [3.05, 3.63) is 55.8 Å². The SMILES string of the molecule is COC(O)Cn1c(=O)cnn(-c2ccc(Cl)c(C(=O)NCC3(O)CCCCCCC3)c2)c1=O. The van der Waals surface area contributed by atoms with Gasteiger partial charge in [-0.1, -0.05) is 43.7 Å². The van der Waals surface area contributed by atoms with Gasteiger partial charge < -0.3 is 20.3 Å². The molecule has 0 radical (unpaired) electrons. The first-order valence-electron chi connectivity index (χ1n) is 10.9. The number of hydrogen-bond donors (Lipinski definition) is 3. The van der Waals surface area contributed by atoms with Crippen molar-refractivity contribution in [2.24, 2.45) is 0 Å². The third-order valence-corrected chi connectivity index (χ3v) is 6.20. The lowest BCUT2D eigenvalue weighted by atomic mass is 9.87. The third kappa shape index (κ3) is 6.29. The summed E-state index contributed by atoms with van der Waals surface area (Å²) < 4.78 is 6.42. The average molecular weight is 481 g/mol. The predicted molar refractivity (Wildman–Crippen MR) is 122 cm³/mol. The normalized spacial score (nSPS) is 17.1. The number of nitrogens with zero attached hydrogens (tertiary/aromatic N) is 3. The van der Waals surface area contributed by atoms with E-state index >= 15 is 0 Å². The highest BCUT2D eigenvalue weighted by Crippen LogP contribution is 2.26. The Hall–Kier alpha value is -2.53. The molecule has 2 aromatic rings. The predicted octanol–water partition coefficient (Wildman–Crippen LogP) is 1.22. The van der Waals surface area contributed by atoms with Crippen LogP contribution in [0.15, 0.2) is 34.0 Å². The Bertz CT molecular complexity index is 1090. The number of aliphatic hydroxyl groups is 2. The summed E-state index contributed by atoms with van der Waals surface area (Å²) in [6.45, 7) is -0.277. The fourth-order valence-electron chi connectivity index (χ4n) is 3.91. The number of nitrogens with one attached hydrogen (secondary N) is 1. The number of methoxy groups -OCH3 is 1. The molecule has 0 aliphatic heterocycles. The van der Waals surface area contributed by atoms with E-state index in [1.165, 1.54) is 25.3 Å². The minimum Gasteiger partial charge on any atom is -0.388 e. The summed E-state index contributed by atoms with van der Waals surface area (Å²) in [5.74, 6) is -0.492. The fourth-order valence-corrected chi connectivity index (χ4v) is 4.11. The Morgan fingerprint density at radius 3 is 2.58 bits per heavy atom. The van der Waals surface area contributed by atoms with Crippen molar-refractivity contribution in [2.45, 2.75) is 63.4 Å². The molecule has 1 fully saturated rings. The molecule has 0 saturated heterocycles. The van der Waals surface area contributed by atoms with E-state index in [0.717, 1.165) is 47.5 Å². The smallest absolute Gasteiger partial charge is 0.352 e. The standard InChI is InChI=1S/C22H29ClN4O6/c1-33-19(29)13-26-18(28)12-25-27(21(26)31)15-7-8-17(23)16(11-15)20(30)24-14-22(32)9-5-3-2-4-6-10-22/h7-8,11-12,19,29,32H,2-6,9-10,13-14H2,1H3,(H,24,30). The monoisotopic (exact) mass is 480 g/mol. The van der Waals surface area contributed by atoms with E-state index in [9.17, 15) is 24.6 Å². The van der Waals surface area contributed by atoms with Crippen LogP contribution >= 0.6 is 11.6 Å². The van der Waals surface area contributed by atoms with E-state index in [4.69, 9.17) is 16.3 Å². The quantitative estimate of drug-likeness (QED) is 0.507. The zero-order chi connectivity index (χ0) is 24.0. The van der Waals surface area contributed by atoms with Crippen molar-refractivity contribution in [1.29, 1.82) is 0 Å². The lowest BCUT2D eigenvalue weighted by Gasteiger charge is -2.30.